The van der Waals surface area contributed by atoms with Crippen LogP contribution in [-0.4, -0.2) is 47.5 Å². The summed E-state index contributed by atoms with van der Waals surface area (Å²) in [6.45, 7) is 11.5. The molecule has 0 spiro atoms. The third kappa shape index (κ3) is 4.31. The first-order valence-electron chi connectivity index (χ1n) is 9.03. The van der Waals surface area contributed by atoms with Gasteiger partial charge < -0.3 is 15.1 Å². The lowest BCUT2D eigenvalue weighted by Crippen LogP contribution is -2.46. The summed E-state index contributed by atoms with van der Waals surface area (Å²) in [5, 5.41) is 3.38. The monoisotopic (exact) mass is 353 g/mol. The van der Waals surface area contributed by atoms with Crippen LogP contribution in [-0.2, 0) is 10.2 Å². The van der Waals surface area contributed by atoms with Gasteiger partial charge in [-0.05, 0) is 30.0 Å². The minimum Gasteiger partial charge on any atom is -0.342 e. The van der Waals surface area contributed by atoms with Crippen LogP contribution in [0.2, 0.25) is 0 Å². The molecule has 1 aromatic carbocycles. The summed E-state index contributed by atoms with van der Waals surface area (Å²) in [6.07, 6.45) is 0.905. The number of hydrogen-bond acceptors (Lipinski definition) is 5. The zero-order chi connectivity index (χ0) is 18.7. The van der Waals surface area contributed by atoms with Crippen molar-refractivity contribution in [2.45, 2.75) is 33.1 Å². The minimum absolute atomic E-state index is 0.140. The van der Waals surface area contributed by atoms with E-state index in [0.717, 1.165) is 36.7 Å². The van der Waals surface area contributed by atoms with Gasteiger partial charge in [0.15, 0.2) is 0 Å². The quantitative estimate of drug-likeness (QED) is 0.856. The first-order chi connectivity index (χ1) is 12.3. The molecule has 0 aliphatic carbocycles. The van der Waals surface area contributed by atoms with E-state index in [1.807, 2.05) is 13.0 Å². The highest BCUT2D eigenvalue weighted by molar-refractivity contribution is 5.58. The van der Waals surface area contributed by atoms with Gasteiger partial charge in [-0.1, -0.05) is 32.9 Å². The largest absolute Gasteiger partial charge is 0.342 e. The van der Waals surface area contributed by atoms with E-state index in [4.69, 9.17) is 0 Å². The van der Waals surface area contributed by atoms with Crippen molar-refractivity contribution in [1.29, 1.82) is 0 Å². The second kappa shape index (κ2) is 7.32. The Morgan fingerprint density at radius 3 is 2.27 bits per heavy atom. The van der Waals surface area contributed by atoms with Gasteiger partial charge in [0, 0.05) is 43.6 Å². The molecule has 0 atom stereocenters. The van der Waals surface area contributed by atoms with E-state index in [0.29, 0.717) is 19.0 Å². The van der Waals surface area contributed by atoms with Crippen molar-refractivity contribution in [2.75, 3.05) is 36.4 Å². The highest BCUT2D eigenvalue weighted by Gasteiger charge is 2.18. The van der Waals surface area contributed by atoms with Crippen molar-refractivity contribution >= 4 is 23.9 Å². The van der Waals surface area contributed by atoms with Crippen molar-refractivity contribution in [1.82, 2.24) is 14.9 Å². The molecule has 0 saturated carbocycles. The van der Waals surface area contributed by atoms with Crippen molar-refractivity contribution in [3.05, 3.63) is 41.6 Å². The van der Waals surface area contributed by atoms with Gasteiger partial charge in [0.1, 0.15) is 5.82 Å². The Morgan fingerprint density at radius 2 is 1.69 bits per heavy atom. The molecule has 0 bridgehead atoms. The Hall–Kier alpha value is -2.63. The summed E-state index contributed by atoms with van der Waals surface area (Å²) >= 11 is 0. The lowest BCUT2D eigenvalue weighted by molar-refractivity contribution is -0.118. The van der Waals surface area contributed by atoms with Crippen LogP contribution >= 0.6 is 0 Å². The molecule has 1 aliphatic rings. The van der Waals surface area contributed by atoms with Crippen LogP contribution in [0.15, 0.2) is 30.3 Å². The zero-order valence-corrected chi connectivity index (χ0v) is 16.0. The molecule has 2 heterocycles. The highest BCUT2D eigenvalue weighted by Crippen LogP contribution is 2.25. The molecule has 1 aliphatic heterocycles. The summed E-state index contributed by atoms with van der Waals surface area (Å²) in [7, 11) is 0. The fourth-order valence-corrected chi connectivity index (χ4v) is 2.99. The molecule has 6 nitrogen and oxygen atoms in total. The van der Waals surface area contributed by atoms with Crippen LogP contribution in [0.1, 0.15) is 32.0 Å². The molecule has 6 heteroatoms. The molecule has 0 unspecified atom stereocenters. The summed E-state index contributed by atoms with van der Waals surface area (Å²) < 4.78 is 0. The minimum atomic E-state index is 0.140. The average molecular weight is 353 g/mol. The number of rotatable bonds is 4. The predicted molar refractivity (Wildman–Crippen MR) is 105 cm³/mol. The normalized spacial score (nSPS) is 15.1. The number of amides is 1. The second-order valence-electron chi connectivity index (χ2n) is 7.78. The number of aromatic nitrogens is 2. The van der Waals surface area contributed by atoms with E-state index in [-0.39, 0.29) is 5.41 Å². The van der Waals surface area contributed by atoms with E-state index in [2.05, 4.69) is 65.2 Å². The lowest BCUT2D eigenvalue weighted by atomic mass is 9.87. The Kier molecular flexibility index (Phi) is 5.11. The fraction of sp³-hybridized carbons (Fsp3) is 0.450. The molecule has 1 N–H and O–H groups in total. The molecular weight excluding hydrogens is 326 g/mol. The van der Waals surface area contributed by atoms with Crippen LogP contribution in [0.4, 0.5) is 17.5 Å². The van der Waals surface area contributed by atoms with Gasteiger partial charge in [-0.15, -0.1) is 0 Å². The van der Waals surface area contributed by atoms with Crippen LogP contribution in [0.25, 0.3) is 0 Å². The number of aryl methyl sites for hydroxylation is 1. The zero-order valence-electron chi connectivity index (χ0n) is 16.0. The molecule has 1 aromatic heterocycles. The average Bonchev–Trinajstić information content (AvgIpc) is 2.61. The van der Waals surface area contributed by atoms with E-state index in [1.165, 1.54) is 5.56 Å². The molecule has 3 rings (SSSR count). The highest BCUT2D eigenvalue weighted by atomic mass is 16.1. The number of hydrogen-bond donors (Lipinski definition) is 1. The Labute approximate surface area is 155 Å². The molecule has 1 amide bonds. The number of piperazine rings is 1. The van der Waals surface area contributed by atoms with Gasteiger partial charge >= 0.3 is 0 Å². The number of nitrogens with zero attached hydrogens (tertiary/aromatic N) is 4. The van der Waals surface area contributed by atoms with Gasteiger partial charge in [0.2, 0.25) is 12.4 Å². The Balaban J connectivity index is 1.74. The smallest absolute Gasteiger partial charge is 0.227 e. The van der Waals surface area contributed by atoms with Gasteiger partial charge in [0.05, 0.1) is 0 Å². The maximum atomic E-state index is 10.9. The third-order valence-corrected chi connectivity index (χ3v) is 4.61. The predicted octanol–water partition coefficient (Wildman–Crippen LogP) is 3.10. The lowest BCUT2D eigenvalue weighted by Gasteiger charge is -2.32. The SMILES string of the molecule is Cc1cc(Nc2ccc(C(C)(C)C)cc2)nc(N2CCN(C=O)CC2)n1. The summed E-state index contributed by atoms with van der Waals surface area (Å²) in [4.78, 5) is 24.0. The standard InChI is InChI=1S/C20H27N5O/c1-15-13-18(22-17-7-5-16(6-8-17)20(2,3)4)23-19(21-15)25-11-9-24(14-26)10-12-25/h5-8,13-14H,9-12H2,1-4H3,(H,21,22,23). The first kappa shape index (κ1) is 18.2. The van der Waals surface area contributed by atoms with Gasteiger partial charge in [0.25, 0.3) is 0 Å². The number of anilines is 3. The molecule has 0 radical (unpaired) electrons. The number of benzene rings is 1. The molecule has 1 fully saturated rings. The van der Waals surface area contributed by atoms with Crippen LogP contribution in [0, 0.1) is 6.92 Å². The molecule has 1 saturated heterocycles. The maximum Gasteiger partial charge on any atom is 0.227 e. The topological polar surface area (TPSA) is 61.4 Å². The molecule has 2 aromatic rings. The molecule has 138 valence electrons. The van der Waals surface area contributed by atoms with Gasteiger partial charge in [-0.25, -0.2) is 4.98 Å². The summed E-state index contributed by atoms with van der Waals surface area (Å²) in [5.74, 6) is 1.50. The molecular formula is C20H27N5O. The van der Waals surface area contributed by atoms with E-state index >= 15 is 0 Å². The molecule has 26 heavy (non-hydrogen) atoms. The number of nitrogens with one attached hydrogen (secondary N) is 1. The summed E-state index contributed by atoms with van der Waals surface area (Å²) in [6, 6.07) is 10.4. The Bertz CT molecular complexity index is 759. The number of carbonyl (C=O) groups is 1. The van der Waals surface area contributed by atoms with E-state index in [1.54, 1.807) is 4.90 Å². The van der Waals surface area contributed by atoms with Crippen molar-refractivity contribution in [2.24, 2.45) is 0 Å². The van der Waals surface area contributed by atoms with Gasteiger partial charge in [-0.2, -0.15) is 4.98 Å². The van der Waals surface area contributed by atoms with Crippen molar-refractivity contribution in [3.8, 4) is 0 Å². The first-order valence-corrected chi connectivity index (χ1v) is 9.03. The van der Waals surface area contributed by atoms with Crippen LogP contribution < -0.4 is 10.2 Å². The van der Waals surface area contributed by atoms with E-state index in [9.17, 15) is 4.79 Å². The van der Waals surface area contributed by atoms with Crippen molar-refractivity contribution in [3.63, 3.8) is 0 Å². The van der Waals surface area contributed by atoms with Gasteiger partial charge in [-0.3, -0.25) is 4.79 Å². The van der Waals surface area contributed by atoms with Crippen LogP contribution in [0.3, 0.4) is 0 Å². The summed E-state index contributed by atoms with van der Waals surface area (Å²) in [5.41, 5.74) is 3.37. The number of carbonyl (C=O) groups excluding carboxylic acids is 1. The maximum absolute atomic E-state index is 10.9. The van der Waals surface area contributed by atoms with Crippen molar-refractivity contribution < 1.29 is 4.79 Å². The van der Waals surface area contributed by atoms with Crippen LogP contribution in [0.5, 0.6) is 0 Å². The van der Waals surface area contributed by atoms with E-state index < -0.39 is 0 Å². The second-order valence-corrected chi connectivity index (χ2v) is 7.78. The Morgan fingerprint density at radius 1 is 1.04 bits per heavy atom. The third-order valence-electron chi connectivity index (χ3n) is 4.61. The fourth-order valence-electron chi connectivity index (χ4n) is 2.99.